The first-order chi connectivity index (χ1) is 11.7. The van der Waals surface area contributed by atoms with E-state index in [0.717, 1.165) is 18.4 Å². The number of unbranched alkanes of at least 4 members (excludes halogenated alkanes) is 2. The van der Waals surface area contributed by atoms with Gasteiger partial charge in [-0.3, -0.25) is 0 Å². The maximum atomic E-state index is 11.9. The van der Waals surface area contributed by atoms with Crippen molar-refractivity contribution in [2.75, 3.05) is 13.4 Å². The lowest BCUT2D eigenvalue weighted by atomic mass is 10.1. The molecular weight excluding hydrogens is 318 g/mol. The summed E-state index contributed by atoms with van der Waals surface area (Å²) in [5.74, 6) is -0.287. The molecule has 3 rings (SSSR count). The van der Waals surface area contributed by atoms with Gasteiger partial charge in [0.2, 0.25) is 0 Å². The van der Waals surface area contributed by atoms with Crippen LogP contribution in [0.15, 0.2) is 41.3 Å². The first kappa shape index (κ1) is 16.9. The first-order valence-corrected chi connectivity index (χ1v) is 9.60. The second kappa shape index (κ2) is 7.31. The van der Waals surface area contributed by atoms with Crippen molar-refractivity contribution in [3.8, 4) is 0 Å². The minimum Gasteiger partial charge on any atom is -0.465 e. The fourth-order valence-electron chi connectivity index (χ4n) is 3.21. The van der Waals surface area contributed by atoms with Crippen LogP contribution in [0.25, 0.3) is 21.8 Å². The zero-order chi connectivity index (χ0) is 17.1. The van der Waals surface area contributed by atoms with Crippen molar-refractivity contribution in [2.45, 2.75) is 37.6 Å². The van der Waals surface area contributed by atoms with Crippen LogP contribution in [0, 0.1) is 0 Å². The zero-order valence-electron chi connectivity index (χ0n) is 14.5. The maximum Gasteiger partial charge on any atom is 0.337 e. The van der Waals surface area contributed by atoms with Gasteiger partial charge in [0.05, 0.1) is 18.2 Å². The third-order valence-corrected chi connectivity index (χ3v) is 5.20. The number of fused-ring (bicyclic) bond motifs is 3. The molecule has 0 unspecified atom stereocenters. The SMILES string of the molecule is CCCCCn1c2ccc(C(=O)OC)cc2c2ccc(SC)cc21. The highest BCUT2D eigenvalue weighted by molar-refractivity contribution is 7.98. The predicted octanol–water partition coefficient (Wildman–Crippen LogP) is 5.49. The number of carbonyl (C=O) groups is 1. The molecule has 0 radical (unpaired) electrons. The van der Waals surface area contributed by atoms with Crippen molar-refractivity contribution in [3.63, 3.8) is 0 Å². The van der Waals surface area contributed by atoms with Crippen LogP contribution in [0.3, 0.4) is 0 Å². The number of carbonyl (C=O) groups excluding carboxylic acids is 1. The number of methoxy groups -OCH3 is 1. The molecule has 0 spiro atoms. The minimum atomic E-state index is -0.287. The van der Waals surface area contributed by atoms with E-state index < -0.39 is 0 Å². The van der Waals surface area contributed by atoms with Gasteiger partial charge in [-0.25, -0.2) is 4.79 Å². The van der Waals surface area contributed by atoms with E-state index in [0.29, 0.717) is 5.56 Å². The molecule has 2 aromatic carbocycles. The molecule has 0 fully saturated rings. The fourth-order valence-corrected chi connectivity index (χ4v) is 3.65. The Morgan fingerprint density at radius 3 is 2.62 bits per heavy atom. The van der Waals surface area contributed by atoms with Gasteiger partial charge in [0.1, 0.15) is 0 Å². The third-order valence-electron chi connectivity index (χ3n) is 4.48. The molecule has 126 valence electrons. The van der Waals surface area contributed by atoms with Crippen LogP contribution < -0.4 is 0 Å². The van der Waals surface area contributed by atoms with E-state index in [-0.39, 0.29) is 5.97 Å². The fraction of sp³-hybridized carbons (Fsp3) is 0.350. The van der Waals surface area contributed by atoms with Gasteiger partial charge in [-0.1, -0.05) is 25.8 Å². The van der Waals surface area contributed by atoms with Crippen LogP contribution >= 0.6 is 11.8 Å². The van der Waals surface area contributed by atoms with Crippen molar-refractivity contribution in [3.05, 3.63) is 42.0 Å². The Labute approximate surface area is 147 Å². The summed E-state index contributed by atoms with van der Waals surface area (Å²) in [6, 6.07) is 12.4. The number of aromatic nitrogens is 1. The number of aryl methyl sites for hydroxylation is 1. The highest BCUT2D eigenvalue weighted by atomic mass is 32.2. The van der Waals surface area contributed by atoms with Gasteiger partial charge < -0.3 is 9.30 Å². The molecule has 0 N–H and O–H groups in total. The molecule has 0 aliphatic heterocycles. The number of thioether (sulfide) groups is 1. The first-order valence-electron chi connectivity index (χ1n) is 8.38. The Kier molecular flexibility index (Phi) is 5.14. The quantitative estimate of drug-likeness (QED) is 0.337. The Bertz CT molecular complexity index is 882. The van der Waals surface area contributed by atoms with Crippen molar-refractivity contribution in [2.24, 2.45) is 0 Å². The summed E-state index contributed by atoms with van der Waals surface area (Å²) in [7, 11) is 1.42. The Balaban J connectivity index is 2.21. The highest BCUT2D eigenvalue weighted by Gasteiger charge is 2.14. The molecule has 1 aromatic heterocycles. The molecular formula is C20H23NO2S. The Morgan fingerprint density at radius 2 is 1.92 bits per heavy atom. The number of rotatable bonds is 6. The molecule has 4 heteroatoms. The normalized spacial score (nSPS) is 11.3. The van der Waals surface area contributed by atoms with Gasteiger partial charge in [-0.15, -0.1) is 11.8 Å². The van der Waals surface area contributed by atoms with Crippen molar-refractivity contribution in [1.29, 1.82) is 0 Å². The van der Waals surface area contributed by atoms with E-state index in [4.69, 9.17) is 4.74 Å². The van der Waals surface area contributed by atoms with Gasteiger partial charge in [0.15, 0.2) is 0 Å². The molecule has 3 aromatic rings. The summed E-state index contributed by atoms with van der Waals surface area (Å²) in [5, 5.41) is 2.32. The zero-order valence-corrected chi connectivity index (χ0v) is 15.3. The maximum absolute atomic E-state index is 11.9. The van der Waals surface area contributed by atoms with Gasteiger partial charge >= 0.3 is 5.97 Å². The van der Waals surface area contributed by atoms with Crippen LogP contribution in [-0.4, -0.2) is 23.9 Å². The molecule has 0 bridgehead atoms. The molecule has 0 aliphatic carbocycles. The summed E-state index contributed by atoms with van der Waals surface area (Å²) in [5.41, 5.74) is 3.04. The molecule has 0 aliphatic rings. The van der Waals surface area contributed by atoms with Gasteiger partial charge in [0.25, 0.3) is 0 Å². The van der Waals surface area contributed by atoms with Crippen LogP contribution in [0.5, 0.6) is 0 Å². The van der Waals surface area contributed by atoms with Gasteiger partial charge in [-0.05, 0) is 43.0 Å². The van der Waals surface area contributed by atoms with E-state index in [9.17, 15) is 4.79 Å². The third kappa shape index (κ3) is 3.03. The molecule has 0 amide bonds. The smallest absolute Gasteiger partial charge is 0.337 e. The van der Waals surface area contributed by atoms with E-state index in [2.05, 4.69) is 35.9 Å². The lowest BCUT2D eigenvalue weighted by Crippen LogP contribution is -2.01. The lowest BCUT2D eigenvalue weighted by Gasteiger charge is -2.08. The molecule has 0 saturated heterocycles. The highest BCUT2D eigenvalue weighted by Crippen LogP contribution is 2.33. The summed E-state index contributed by atoms with van der Waals surface area (Å²) in [4.78, 5) is 13.1. The molecule has 1 heterocycles. The van der Waals surface area contributed by atoms with E-state index >= 15 is 0 Å². The van der Waals surface area contributed by atoms with Crippen molar-refractivity contribution >= 4 is 39.5 Å². The van der Waals surface area contributed by atoms with Crippen molar-refractivity contribution < 1.29 is 9.53 Å². The van der Waals surface area contributed by atoms with E-state index in [1.165, 1.54) is 41.3 Å². The molecule has 0 atom stereocenters. The monoisotopic (exact) mass is 341 g/mol. The van der Waals surface area contributed by atoms with E-state index in [1.54, 1.807) is 11.8 Å². The van der Waals surface area contributed by atoms with Crippen molar-refractivity contribution in [1.82, 2.24) is 4.57 Å². The number of benzene rings is 2. The number of nitrogens with zero attached hydrogens (tertiary/aromatic N) is 1. The van der Waals surface area contributed by atoms with Crippen LogP contribution in [0.2, 0.25) is 0 Å². The van der Waals surface area contributed by atoms with Crippen LogP contribution in [-0.2, 0) is 11.3 Å². The average Bonchev–Trinajstić information content (AvgIpc) is 2.93. The number of ether oxygens (including phenoxy) is 1. The summed E-state index contributed by atoms with van der Waals surface area (Å²) in [6.45, 7) is 3.23. The van der Waals surface area contributed by atoms with Crippen LogP contribution in [0.4, 0.5) is 0 Å². The summed E-state index contributed by atoms with van der Waals surface area (Å²) >= 11 is 1.75. The summed E-state index contributed by atoms with van der Waals surface area (Å²) in [6.07, 6.45) is 5.70. The van der Waals surface area contributed by atoms with E-state index in [1.807, 2.05) is 18.2 Å². The number of hydrogen-bond donors (Lipinski definition) is 0. The van der Waals surface area contributed by atoms with Gasteiger partial charge in [0, 0.05) is 27.7 Å². The second-order valence-corrected chi connectivity index (χ2v) is 6.84. The Hall–Kier alpha value is -1.94. The minimum absolute atomic E-state index is 0.287. The lowest BCUT2D eigenvalue weighted by molar-refractivity contribution is 0.0601. The topological polar surface area (TPSA) is 31.2 Å². The molecule has 0 saturated carbocycles. The van der Waals surface area contributed by atoms with Gasteiger partial charge in [-0.2, -0.15) is 0 Å². The summed E-state index contributed by atoms with van der Waals surface area (Å²) < 4.78 is 7.26. The predicted molar refractivity (Wildman–Crippen MR) is 102 cm³/mol. The molecule has 3 nitrogen and oxygen atoms in total. The second-order valence-electron chi connectivity index (χ2n) is 5.97. The number of esters is 1. The Morgan fingerprint density at radius 1 is 1.08 bits per heavy atom. The standard InChI is InChI=1S/C20H23NO2S/c1-4-5-6-11-21-18-10-7-14(20(22)23-2)12-17(18)16-9-8-15(24-3)13-19(16)21/h7-10,12-13H,4-6,11H2,1-3H3. The number of hydrogen-bond acceptors (Lipinski definition) is 3. The molecule has 24 heavy (non-hydrogen) atoms. The average molecular weight is 341 g/mol. The largest absolute Gasteiger partial charge is 0.465 e. The van der Waals surface area contributed by atoms with Crippen LogP contribution in [0.1, 0.15) is 36.5 Å².